The molecule has 0 saturated heterocycles. The van der Waals surface area contributed by atoms with E-state index >= 15 is 0 Å². The van der Waals surface area contributed by atoms with Crippen LogP contribution in [0, 0.1) is 5.92 Å². The van der Waals surface area contributed by atoms with Gasteiger partial charge >= 0.3 is 6.08 Å². The molecule has 1 aliphatic rings. The first kappa shape index (κ1) is 20.8. The van der Waals surface area contributed by atoms with E-state index in [1.165, 1.54) is 31.2 Å². The molecule has 0 radical (unpaired) electrons. The van der Waals surface area contributed by atoms with Crippen molar-refractivity contribution in [1.82, 2.24) is 0 Å². The van der Waals surface area contributed by atoms with E-state index in [0.29, 0.717) is 5.92 Å². The maximum Gasteiger partial charge on any atom is 0.304 e. The third kappa shape index (κ3) is 6.03. The van der Waals surface area contributed by atoms with Crippen LogP contribution in [0.3, 0.4) is 0 Å². The van der Waals surface area contributed by atoms with E-state index in [9.17, 15) is 17.6 Å². The molecule has 3 unspecified atom stereocenters. The summed E-state index contributed by atoms with van der Waals surface area (Å²) < 4.78 is 55.6. The Morgan fingerprint density at radius 3 is 2.31 bits per heavy atom. The largest absolute Gasteiger partial charge is 0.487 e. The van der Waals surface area contributed by atoms with Gasteiger partial charge in [0.15, 0.2) is 6.10 Å². The number of rotatable bonds is 8. The monoisotopic (exact) mass is 372 g/mol. The van der Waals surface area contributed by atoms with Gasteiger partial charge in [0.2, 0.25) is 0 Å². The molecular weight excluding hydrogens is 344 g/mol. The van der Waals surface area contributed by atoms with E-state index in [1.54, 1.807) is 0 Å². The number of hydrogen-bond donors (Lipinski definition) is 0. The molecule has 26 heavy (non-hydrogen) atoms. The maximum absolute atomic E-state index is 14.2. The van der Waals surface area contributed by atoms with Crippen molar-refractivity contribution in [3.8, 4) is 0 Å². The van der Waals surface area contributed by atoms with E-state index in [2.05, 4.69) is 23.8 Å². The highest BCUT2D eigenvalue weighted by Gasteiger charge is 2.25. The van der Waals surface area contributed by atoms with Gasteiger partial charge in [0.25, 0.3) is 0 Å². The van der Waals surface area contributed by atoms with Crippen molar-refractivity contribution >= 4 is 0 Å². The van der Waals surface area contributed by atoms with Crippen LogP contribution >= 0.6 is 0 Å². The predicted octanol–water partition coefficient (Wildman–Crippen LogP) is 6.90. The maximum atomic E-state index is 14.2. The zero-order valence-corrected chi connectivity index (χ0v) is 15.4. The average molecular weight is 372 g/mol. The average Bonchev–Trinajstić information content (AvgIpc) is 2.62. The fourth-order valence-electron chi connectivity index (χ4n) is 3.67. The predicted molar refractivity (Wildman–Crippen MR) is 95.9 cm³/mol. The van der Waals surface area contributed by atoms with Gasteiger partial charge in [0.05, 0.1) is 0 Å². The molecule has 0 spiro atoms. The first-order chi connectivity index (χ1) is 12.4. The van der Waals surface area contributed by atoms with Crippen LogP contribution in [0.15, 0.2) is 36.6 Å². The normalized spacial score (nSPS) is 23.8. The molecule has 1 aromatic carbocycles. The van der Waals surface area contributed by atoms with Crippen LogP contribution in [-0.4, -0.2) is 19.0 Å². The van der Waals surface area contributed by atoms with E-state index < -0.39 is 25.0 Å². The molecule has 0 aliphatic heterocycles. The highest BCUT2D eigenvalue weighted by molar-refractivity contribution is 5.28. The van der Waals surface area contributed by atoms with Gasteiger partial charge in [0.1, 0.15) is 19.1 Å². The van der Waals surface area contributed by atoms with Crippen LogP contribution in [-0.2, 0) is 4.74 Å². The lowest BCUT2D eigenvalue weighted by Crippen LogP contribution is -2.27. The van der Waals surface area contributed by atoms with E-state index in [4.69, 9.17) is 0 Å². The molecule has 1 nitrogen and oxygen atoms in total. The summed E-state index contributed by atoms with van der Waals surface area (Å²) in [5.74, 6) is 1.25. The number of benzene rings is 1. The minimum absolute atomic E-state index is 0.0244. The molecule has 1 fully saturated rings. The van der Waals surface area contributed by atoms with Crippen molar-refractivity contribution in [3.63, 3.8) is 0 Å². The summed E-state index contributed by atoms with van der Waals surface area (Å²) in [6, 6.07) is 8.20. The van der Waals surface area contributed by atoms with Crippen LogP contribution in [0.25, 0.3) is 0 Å². The Labute approximate surface area is 153 Å². The lowest BCUT2D eigenvalue weighted by atomic mass is 9.79. The fraction of sp³-hybridized carbons (Fsp3) is 0.619. The third-order valence-corrected chi connectivity index (χ3v) is 5.46. The topological polar surface area (TPSA) is 9.23 Å². The molecule has 0 N–H and O–H groups in total. The Kier molecular flexibility index (Phi) is 7.98. The van der Waals surface area contributed by atoms with Crippen molar-refractivity contribution in [3.05, 3.63) is 47.7 Å². The molecule has 1 aliphatic carbocycles. The van der Waals surface area contributed by atoms with Gasteiger partial charge in [-0.1, -0.05) is 51.0 Å². The highest BCUT2D eigenvalue weighted by atomic mass is 19.3. The third-order valence-electron chi connectivity index (χ3n) is 5.46. The first-order valence-corrected chi connectivity index (χ1v) is 9.37. The molecule has 1 saturated carbocycles. The SMILES string of the molecule is CC1CCC(c2ccc(C(C)CC(F)C(CF)OC=C(F)F)cc2)CC1. The van der Waals surface area contributed by atoms with Crippen molar-refractivity contribution in [2.75, 3.05) is 6.67 Å². The molecule has 3 atom stereocenters. The van der Waals surface area contributed by atoms with Gasteiger partial charge in [-0.25, -0.2) is 8.78 Å². The summed E-state index contributed by atoms with van der Waals surface area (Å²) in [5.41, 5.74) is 2.28. The van der Waals surface area contributed by atoms with Crippen molar-refractivity contribution in [2.24, 2.45) is 5.92 Å². The minimum Gasteiger partial charge on any atom is -0.487 e. The molecule has 0 aromatic heterocycles. The fourth-order valence-corrected chi connectivity index (χ4v) is 3.67. The lowest BCUT2D eigenvalue weighted by Gasteiger charge is -2.27. The molecule has 146 valence electrons. The van der Waals surface area contributed by atoms with E-state index in [0.717, 1.165) is 11.5 Å². The molecule has 0 amide bonds. The Hall–Kier alpha value is -1.52. The van der Waals surface area contributed by atoms with Crippen molar-refractivity contribution in [1.29, 1.82) is 0 Å². The first-order valence-electron chi connectivity index (χ1n) is 9.37. The smallest absolute Gasteiger partial charge is 0.304 e. The van der Waals surface area contributed by atoms with Gasteiger partial charge in [-0.2, -0.15) is 8.78 Å². The summed E-state index contributed by atoms with van der Waals surface area (Å²) in [6.07, 6.45) is -0.189. The number of hydrogen-bond acceptors (Lipinski definition) is 1. The van der Waals surface area contributed by atoms with Crippen LogP contribution in [0.5, 0.6) is 0 Å². The van der Waals surface area contributed by atoms with Gasteiger partial charge in [-0.05, 0) is 48.1 Å². The second kappa shape index (κ2) is 9.98. The molecular formula is C21H28F4O. The quantitative estimate of drug-likeness (QED) is 0.356. The van der Waals surface area contributed by atoms with Gasteiger partial charge in [0, 0.05) is 0 Å². The Morgan fingerprint density at radius 1 is 1.15 bits per heavy atom. The second-order valence-electron chi connectivity index (χ2n) is 7.51. The molecule has 0 bridgehead atoms. The van der Waals surface area contributed by atoms with Gasteiger partial charge in [-0.15, -0.1) is 0 Å². The zero-order chi connectivity index (χ0) is 19.1. The molecule has 0 heterocycles. The molecule has 2 rings (SSSR count). The summed E-state index contributed by atoms with van der Waals surface area (Å²) in [6.45, 7) is 3.00. The van der Waals surface area contributed by atoms with Crippen LogP contribution in [0.4, 0.5) is 17.6 Å². The van der Waals surface area contributed by atoms with E-state index in [1.807, 2.05) is 19.1 Å². The van der Waals surface area contributed by atoms with Gasteiger partial charge < -0.3 is 4.74 Å². The highest BCUT2D eigenvalue weighted by Crippen LogP contribution is 2.36. The van der Waals surface area contributed by atoms with Gasteiger partial charge in [-0.3, -0.25) is 0 Å². The number of ether oxygens (including phenoxy) is 1. The number of alkyl halides is 2. The standard InChI is InChI=1S/C21H28F4O/c1-14-3-5-17(6-4-14)18-9-7-16(8-10-18)15(2)11-19(23)20(12-22)26-13-21(24)25/h7-10,13-15,17,19-20H,3-6,11-12H2,1-2H3. The summed E-state index contributed by atoms with van der Waals surface area (Å²) in [4.78, 5) is 0. The summed E-state index contributed by atoms with van der Waals surface area (Å²) in [7, 11) is 0. The zero-order valence-electron chi connectivity index (χ0n) is 15.4. The molecule has 1 aromatic rings. The van der Waals surface area contributed by atoms with Crippen molar-refractivity contribution < 1.29 is 22.3 Å². The summed E-state index contributed by atoms with van der Waals surface area (Å²) in [5, 5.41) is 0. The van der Waals surface area contributed by atoms with Crippen LogP contribution in [0.2, 0.25) is 0 Å². The Morgan fingerprint density at radius 2 is 1.77 bits per heavy atom. The lowest BCUT2D eigenvalue weighted by molar-refractivity contribution is 0.0299. The molecule has 5 heteroatoms. The van der Waals surface area contributed by atoms with Crippen LogP contribution in [0.1, 0.15) is 68.9 Å². The minimum atomic E-state index is -2.10. The summed E-state index contributed by atoms with van der Waals surface area (Å²) >= 11 is 0. The second-order valence-corrected chi connectivity index (χ2v) is 7.51. The Bertz CT molecular complexity index is 560. The van der Waals surface area contributed by atoms with E-state index in [-0.39, 0.29) is 18.6 Å². The number of halogens is 4. The van der Waals surface area contributed by atoms with Crippen LogP contribution < -0.4 is 0 Å². The Balaban J connectivity index is 1.92. The van der Waals surface area contributed by atoms with Crippen molar-refractivity contribution in [2.45, 2.75) is 70.1 Å².